The van der Waals surface area contributed by atoms with Gasteiger partial charge in [-0.25, -0.2) is 4.79 Å². The average molecular weight is 429 g/mol. The number of hydrogen-bond donors (Lipinski definition) is 1. The van der Waals surface area contributed by atoms with Gasteiger partial charge in [0.15, 0.2) is 0 Å². The van der Waals surface area contributed by atoms with Crippen molar-refractivity contribution in [3.63, 3.8) is 0 Å². The van der Waals surface area contributed by atoms with Gasteiger partial charge >= 0.3 is 16.1 Å². The van der Waals surface area contributed by atoms with Gasteiger partial charge in [0.2, 0.25) is 0 Å². The summed E-state index contributed by atoms with van der Waals surface area (Å²) in [4.78, 5) is 14.6. The van der Waals surface area contributed by atoms with Crippen LogP contribution in [0.1, 0.15) is 22.5 Å². The molecule has 0 radical (unpaired) electrons. The van der Waals surface area contributed by atoms with Crippen LogP contribution in [-0.2, 0) is 23.2 Å². The summed E-state index contributed by atoms with van der Waals surface area (Å²) in [7, 11) is -3.64. The standard InChI is InChI=1S/C22H24N2O5S/c1-16-9-10-19(12-17(16)2)23-22(25)24(15-21-8-5-11-28-21)14-18-6-4-7-20(13-18)29-30(3,26)27/h4-13H,14-15H2,1-3H3,(H,23,25). The molecule has 1 heterocycles. The molecule has 1 N–H and O–H groups in total. The topological polar surface area (TPSA) is 88.9 Å². The van der Waals surface area contributed by atoms with Crippen molar-refractivity contribution in [1.82, 2.24) is 4.90 Å². The van der Waals surface area contributed by atoms with Gasteiger partial charge in [-0.1, -0.05) is 18.2 Å². The van der Waals surface area contributed by atoms with E-state index < -0.39 is 10.1 Å². The summed E-state index contributed by atoms with van der Waals surface area (Å²) < 4.78 is 33.1. The first-order valence-electron chi connectivity index (χ1n) is 9.33. The number of rotatable bonds is 7. The van der Waals surface area contributed by atoms with Crippen LogP contribution < -0.4 is 9.50 Å². The van der Waals surface area contributed by atoms with Crippen LogP contribution in [-0.4, -0.2) is 25.6 Å². The zero-order valence-electron chi connectivity index (χ0n) is 17.1. The number of carbonyl (C=O) groups is 1. The second kappa shape index (κ2) is 9.04. The number of hydrogen-bond acceptors (Lipinski definition) is 5. The van der Waals surface area contributed by atoms with Gasteiger partial charge in [-0.3, -0.25) is 0 Å². The Balaban J connectivity index is 1.81. The molecule has 158 valence electrons. The van der Waals surface area contributed by atoms with Crippen molar-refractivity contribution in [3.05, 3.63) is 83.3 Å². The number of carbonyl (C=O) groups excluding carboxylic acids is 1. The molecule has 1 aromatic heterocycles. The molecule has 3 aromatic rings. The van der Waals surface area contributed by atoms with E-state index in [0.29, 0.717) is 11.4 Å². The van der Waals surface area contributed by atoms with Gasteiger partial charge in [0.1, 0.15) is 11.5 Å². The zero-order chi connectivity index (χ0) is 21.7. The molecular weight excluding hydrogens is 404 g/mol. The molecule has 8 heteroatoms. The first kappa shape index (κ1) is 21.4. The SMILES string of the molecule is Cc1ccc(NC(=O)N(Cc2cccc(OS(C)(=O)=O)c2)Cc2ccco2)cc1C. The van der Waals surface area contributed by atoms with Crippen LogP contribution in [0.4, 0.5) is 10.5 Å². The lowest BCUT2D eigenvalue weighted by Crippen LogP contribution is -2.34. The molecule has 2 amide bonds. The van der Waals surface area contributed by atoms with Crippen LogP contribution in [0.5, 0.6) is 5.75 Å². The Labute approximate surface area is 176 Å². The maximum Gasteiger partial charge on any atom is 0.322 e. The number of nitrogens with one attached hydrogen (secondary N) is 1. The fourth-order valence-electron chi connectivity index (χ4n) is 2.90. The minimum atomic E-state index is -3.64. The molecule has 7 nitrogen and oxygen atoms in total. The third kappa shape index (κ3) is 6.12. The van der Waals surface area contributed by atoms with Crippen molar-refractivity contribution < 1.29 is 21.8 Å². The van der Waals surface area contributed by atoms with E-state index in [9.17, 15) is 13.2 Å². The lowest BCUT2D eigenvalue weighted by Gasteiger charge is -2.23. The number of furan rings is 1. The van der Waals surface area contributed by atoms with E-state index in [1.54, 1.807) is 47.6 Å². The fraction of sp³-hybridized carbons (Fsp3) is 0.227. The Morgan fingerprint density at radius 2 is 1.83 bits per heavy atom. The number of benzene rings is 2. The molecule has 0 bridgehead atoms. The number of urea groups is 1. The smallest absolute Gasteiger partial charge is 0.322 e. The van der Waals surface area contributed by atoms with Gasteiger partial charge in [0, 0.05) is 12.2 Å². The maximum atomic E-state index is 13.0. The summed E-state index contributed by atoms with van der Waals surface area (Å²) in [6.07, 6.45) is 2.54. The van der Waals surface area contributed by atoms with Gasteiger partial charge in [0.05, 0.1) is 19.1 Å². The monoisotopic (exact) mass is 428 g/mol. The number of amides is 2. The highest BCUT2D eigenvalue weighted by atomic mass is 32.2. The van der Waals surface area contributed by atoms with Crippen molar-refractivity contribution in [3.8, 4) is 5.75 Å². The van der Waals surface area contributed by atoms with Crippen LogP contribution in [0.25, 0.3) is 0 Å². The Morgan fingerprint density at radius 3 is 2.50 bits per heavy atom. The summed E-state index contributed by atoms with van der Waals surface area (Å²) in [6.45, 7) is 4.48. The molecule has 0 aliphatic carbocycles. The van der Waals surface area contributed by atoms with Crippen molar-refractivity contribution >= 4 is 21.8 Å². The minimum absolute atomic E-state index is 0.197. The highest BCUT2D eigenvalue weighted by molar-refractivity contribution is 7.86. The number of nitrogens with zero attached hydrogens (tertiary/aromatic N) is 1. The molecule has 0 atom stereocenters. The molecule has 3 rings (SSSR count). The van der Waals surface area contributed by atoms with E-state index in [1.165, 1.54) is 0 Å². The zero-order valence-corrected chi connectivity index (χ0v) is 17.9. The highest BCUT2D eigenvalue weighted by Gasteiger charge is 2.17. The summed E-state index contributed by atoms with van der Waals surface area (Å²) in [5.74, 6) is 0.830. The van der Waals surface area contributed by atoms with Crippen molar-refractivity contribution in [2.75, 3.05) is 11.6 Å². The second-order valence-corrected chi connectivity index (χ2v) is 8.67. The van der Waals surface area contributed by atoms with Crippen LogP contribution in [0.15, 0.2) is 65.3 Å². The molecule has 0 spiro atoms. The van der Waals surface area contributed by atoms with E-state index >= 15 is 0 Å². The van der Waals surface area contributed by atoms with Crippen LogP contribution in [0, 0.1) is 13.8 Å². The molecule has 0 saturated carbocycles. The van der Waals surface area contributed by atoms with E-state index in [2.05, 4.69) is 5.32 Å². The Kier molecular flexibility index (Phi) is 6.47. The first-order valence-corrected chi connectivity index (χ1v) is 11.2. The van der Waals surface area contributed by atoms with E-state index in [0.717, 1.165) is 22.9 Å². The quantitative estimate of drug-likeness (QED) is 0.561. The van der Waals surface area contributed by atoms with Gasteiger partial charge < -0.3 is 18.8 Å². The molecule has 0 fully saturated rings. The average Bonchev–Trinajstić information content (AvgIpc) is 3.16. The Morgan fingerprint density at radius 1 is 1.03 bits per heavy atom. The largest absolute Gasteiger partial charge is 0.467 e. The molecule has 0 aliphatic rings. The van der Waals surface area contributed by atoms with E-state index in [-0.39, 0.29) is 24.9 Å². The summed E-state index contributed by atoms with van der Waals surface area (Å²) in [6, 6.07) is 15.6. The normalized spacial score (nSPS) is 11.2. The first-order chi connectivity index (χ1) is 14.2. The van der Waals surface area contributed by atoms with Gasteiger partial charge in [0.25, 0.3) is 0 Å². The lowest BCUT2D eigenvalue weighted by atomic mass is 10.1. The van der Waals surface area contributed by atoms with Crippen molar-refractivity contribution in [1.29, 1.82) is 0 Å². The van der Waals surface area contributed by atoms with Gasteiger partial charge in [-0.15, -0.1) is 0 Å². The third-order valence-electron chi connectivity index (χ3n) is 4.49. The lowest BCUT2D eigenvalue weighted by molar-refractivity contribution is 0.201. The Bertz CT molecular complexity index is 1120. The van der Waals surface area contributed by atoms with Gasteiger partial charge in [-0.05, 0) is 66.9 Å². The van der Waals surface area contributed by atoms with Crippen molar-refractivity contribution in [2.45, 2.75) is 26.9 Å². The summed E-state index contributed by atoms with van der Waals surface area (Å²) >= 11 is 0. The third-order valence-corrected chi connectivity index (χ3v) is 4.99. The maximum absolute atomic E-state index is 13.0. The molecular formula is C22H24N2O5S. The molecule has 30 heavy (non-hydrogen) atoms. The number of anilines is 1. The Hall–Kier alpha value is -3.26. The van der Waals surface area contributed by atoms with Crippen LogP contribution in [0.2, 0.25) is 0 Å². The molecule has 0 saturated heterocycles. The van der Waals surface area contributed by atoms with E-state index in [4.69, 9.17) is 8.60 Å². The summed E-state index contributed by atoms with van der Waals surface area (Å²) in [5.41, 5.74) is 3.64. The second-order valence-electron chi connectivity index (χ2n) is 7.10. The van der Waals surface area contributed by atoms with E-state index in [1.807, 2.05) is 32.0 Å². The molecule has 0 unspecified atom stereocenters. The molecule has 2 aromatic carbocycles. The molecule has 0 aliphatic heterocycles. The van der Waals surface area contributed by atoms with Crippen molar-refractivity contribution in [2.24, 2.45) is 0 Å². The van der Waals surface area contributed by atoms with Crippen LogP contribution >= 0.6 is 0 Å². The predicted molar refractivity (Wildman–Crippen MR) is 115 cm³/mol. The fourth-order valence-corrected chi connectivity index (χ4v) is 3.36. The number of aryl methyl sites for hydroxylation is 2. The predicted octanol–water partition coefficient (Wildman–Crippen LogP) is 4.47. The highest BCUT2D eigenvalue weighted by Crippen LogP contribution is 2.20. The van der Waals surface area contributed by atoms with Crippen LogP contribution in [0.3, 0.4) is 0 Å². The minimum Gasteiger partial charge on any atom is -0.467 e. The van der Waals surface area contributed by atoms with Gasteiger partial charge in [-0.2, -0.15) is 8.42 Å². The summed E-state index contributed by atoms with van der Waals surface area (Å²) in [5, 5.41) is 2.91.